The maximum Gasteiger partial charge on any atom is 0.307 e. The summed E-state index contributed by atoms with van der Waals surface area (Å²) in [6.45, 7) is 4.49. The number of hydrogen-bond donors (Lipinski definition) is 3. The van der Waals surface area contributed by atoms with E-state index in [2.05, 4.69) is 32.1 Å². The van der Waals surface area contributed by atoms with Crippen LogP contribution in [-0.4, -0.2) is 27.4 Å². The highest BCUT2D eigenvalue weighted by Crippen LogP contribution is 2.64. The van der Waals surface area contributed by atoms with Crippen molar-refractivity contribution in [3.05, 3.63) is 47.3 Å². The average Bonchev–Trinajstić information content (AvgIpc) is 2.94. The fourth-order valence-electron chi connectivity index (χ4n) is 6.41. The maximum atomic E-state index is 11.3. The molecule has 6 atom stereocenters. The van der Waals surface area contributed by atoms with Gasteiger partial charge in [-0.05, 0) is 65.6 Å². The van der Waals surface area contributed by atoms with Crippen molar-refractivity contribution in [1.82, 2.24) is 0 Å². The van der Waals surface area contributed by atoms with Crippen LogP contribution in [0.4, 0.5) is 0 Å². The molecule has 0 amide bonds. The van der Waals surface area contributed by atoms with Crippen molar-refractivity contribution in [2.75, 3.05) is 0 Å². The minimum atomic E-state index is -0.899. The predicted molar refractivity (Wildman–Crippen MR) is 99.4 cm³/mol. The zero-order chi connectivity index (χ0) is 18.7. The van der Waals surface area contributed by atoms with Gasteiger partial charge in [-0.15, -0.1) is 0 Å². The van der Waals surface area contributed by atoms with Crippen molar-refractivity contribution in [3.63, 3.8) is 0 Å². The second-order valence-corrected chi connectivity index (χ2v) is 8.89. The van der Waals surface area contributed by atoms with E-state index in [9.17, 15) is 20.1 Å². The lowest BCUT2D eigenvalue weighted by molar-refractivity contribution is -0.136. The molecule has 4 nitrogen and oxygen atoms in total. The van der Waals surface area contributed by atoms with Crippen molar-refractivity contribution in [2.45, 2.75) is 52.1 Å². The Morgan fingerprint density at radius 1 is 1.27 bits per heavy atom. The number of aliphatic hydroxyl groups is 2. The van der Waals surface area contributed by atoms with Gasteiger partial charge < -0.3 is 15.3 Å². The highest BCUT2D eigenvalue weighted by atomic mass is 16.4. The lowest BCUT2D eigenvalue weighted by Gasteiger charge is -2.54. The van der Waals surface area contributed by atoms with Gasteiger partial charge in [-0.25, -0.2) is 0 Å². The van der Waals surface area contributed by atoms with Crippen molar-refractivity contribution in [1.29, 1.82) is 0 Å². The molecule has 0 radical (unpaired) electrons. The molecule has 4 aliphatic carbocycles. The number of aliphatic carboxylic acids is 1. The Kier molecular flexibility index (Phi) is 3.96. The molecule has 0 bridgehead atoms. The van der Waals surface area contributed by atoms with E-state index in [1.165, 1.54) is 11.8 Å². The maximum absolute atomic E-state index is 11.3. The SMILES string of the molecule is C[C@]12C=CC(O)C(CC(=O)O)=C1C=C[C@@H]1[C@@H]2CC[C@]2(C)C(=CO)CC[C@@H]12. The van der Waals surface area contributed by atoms with Crippen LogP contribution in [0.3, 0.4) is 0 Å². The number of aliphatic hydroxyl groups excluding tert-OH is 2. The summed E-state index contributed by atoms with van der Waals surface area (Å²) < 4.78 is 0. The van der Waals surface area contributed by atoms with Gasteiger partial charge in [0, 0.05) is 5.41 Å². The third-order valence-electron chi connectivity index (χ3n) is 7.84. The van der Waals surface area contributed by atoms with Gasteiger partial charge in [-0.2, -0.15) is 0 Å². The Labute approximate surface area is 154 Å². The Morgan fingerprint density at radius 2 is 2.04 bits per heavy atom. The largest absolute Gasteiger partial charge is 0.516 e. The van der Waals surface area contributed by atoms with E-state index < -0.39 is 12.1 Å². The number of hydrogen-bond acceptors (Lipinski definition) is 3. The number of allylic oxidation sites excluding steroid dienone is 5. The molecule has 0 aromatic carbocycles. The fraction of sp³-hybridized carbons (Fsp3) is 0.591. The summed E-state index contributed by atoms with van der Waals surface area (Å²) in [5.41, 5.74) is 2.65. The summed E-state index contributed by atoms with van der Waals surface area (Å²) in [7, 11) is 0. The topological polar surface area (TPSA) is 77.8 Å². The van der Waals surface area contributed by atoms with Crippen LogP contribution < -0.4 is 0 Å². The molecule has 3 N–H and O–H groups in total. The first kappa shape index (κ1) is 17.6. The first-order chi connectivity index (χ1) is 12.3. The second kappa shape index (κ2) is 5.85. The lowest BCUT2D eigenvalue weighted by Crippen LogP contribution is -2.47. The Hall–Kier alpha value is -1.81. The van der Waals surface area contributed by atoms with Gasteiger partial charge in [0.05, 0.1) is 18.8 Å². The van der Waals surface area contributed by atoms with E-state index in [0.717, 1.165) is 31.3 Å². The molecular weight excluding hydrogens is 328 g/mol. The van der Waals surface area contributed by atoms with Gasteiger partial charge in [0.15, 0.2) is 0 Å². The van der Waals surface area contributed by atoms with Gasteiger partial charge in [-0.3, -0.25) is 4.79 Å². The van der Waals surface area contributed by atoms with Crippen LogP contribution in [0.2, 0.25) is 0 Å². The summed E-state index contributed by atoms with van der Waals surface area (Å²) in [5.74, 6) is 0.444. The zero-order valence-corrected chi connectivity index (χ0v) is 15.5. The summed E-state index contributed by atoms with van der Waals surface area (Å²) in [5, 5.41) is 29.3. The quantitative estimate of drug-likeness (QED) is 0.513. The standard InChI is InChI=1S/C22H28O4/c1-21-9-7-18-14(16(21)5-3-13(21)12-23)4-6-17-15(11-20(25)26)19(24)8-10-22(17,18)2/h4,6,8,10,12,14,16,18-19,23-24H,3,5,7,9,11H2,1-2H3,(H,25,26)/t14-,16-,18-,19?,21+,22-/m0/s1. The normalized spacial score (nSPS) is 45.4. The summed E-state index contributed by atoms with van der Waals surface area (Å²) >= 11 is 0. The molecule has 2 saturated carbocycles. The summed E-state index contributed by atoms with van der Waals surface area (Å²) in [6.07, 6.45) is 12.8. The monoisotopic (exact) mass is 356 g/mol. The van der Waals surface area contributed by atoms with Crippen LogP contribution in [0.1, 0.15) is 46.0 Å². The van der Waals surface area contributed by atoms with Crippen molar-refractivity contribution < 1.29 is 20.1 Å². The predicted octanol–water partition coefficient (Wildman–Crippen LogP) is 4.15. The zero-order valence-electron chi connectivity index (χ0n) is 15.5. The van der Waals surface area contributed by atoms with E-state index in [0.29, 0.717) is 23.3 Å². The van der Waals surface area contributed by atoms with Gasteiger partial charge in [0.2, 0.25) is 0 Å². The number of carboxylic acids is 1. The molecule has 26 heavy (non-hydrogen) atoms. The molecule has 0 heterocycles. The molecule has 2 fully saturated rings. The molecule has 0 aromatic heterocycles. The fourth-order valence-corrected chi connectivity index (χ4v) is 6.41. The third-order valence-corrected chi connectivity index (χ3v) is 7.84. The number of rotatable bonds is 2. The first-order valence-electron chi connectivity index (χ1n) is 9.66. The van der Waals surface area contributed by atoms with Crippen LogP contribution >= 0.6 is 0 Å². The van der Waals surface area contributed by atoms with Crippen molar-refractivity contribution in [3.8, 4) is 0 Å². The smallest absolute Gasteiger partial charge is 0.307 e. The van der Waals surface area contributed by atoms with Gasteiger partial charge >= 0.3 is 5.97 Å². The minimum absolute atomic E-state index is 0.0691. The van der Waals surface area contributed by atoms with Crippen LogP contribution in [0.5, 0.6) is 0 Å². The van der Waals surface area contributed by atoms with Gasteiger partial charge in [-0.1, -0.05) is 38.2 Å². The highest BCUT2D eigenvalue weighted by molar-refractivity contribution is 5.72. The van der Waals surface area contributed by atoms with E-state index >= 15 is 0 Å². The molecule has 4 aliphatic rings. The highest BCUT2D eigenvalue weighted by Gasteiger charge is 2.56. The Balaban J connectivity index is 1.78. The van der Waals surface area contributed by atoms with E-state index in [1.807, 2.05) is 0 Å². The minimum Gasteiger partial charge on any atom is -0.516 e. The van der Waals surface area contributed by atoms with Crippen LogP contribution in [-0.2, 0) is 4.79 Å². The summed E-state index contributed by atoms with van der Waals surface area (Å²) in [4.78, 5) is 11.3. The molecule has 0 spiro atoms. The molecule has 4 rings (SSSR count). The molecule has 4 heteroatoms. The lowest BCUT2D eigenvalue weighted by atomic mass is 9.49. The Morgan fingerprint density at radius 3 is 2.73 bits per heavy atom. The van der Waals surface area contributed by atoms with Gasteiger partial charge in [0.1, 0.15) is 0 Å². The van der Waals surface area contributed by atoms with Crippen LogP contribution in [0.15, 0.2) is 47.3 Å². The van der Waals surface area contributed by atoms with Crippen molar-refractivity contribution in [2.24, 2.45) is 28.6 Å². The molecule has 0 aliphatic heterocycles. The molecule has 140 valence electrons. The number of carboxylic acid groups (broad SMARTS) is 1. The molecule has 1 unspecified atom stereocenters. The second-order valence-electron chi connectivity index (χ2n) is 8.89. The third kappa shape index (κ3) is 2.27. The molecular formula is C22H28O4. The molecule has 0 saturated heterocycles. The Bertz CT molecular complexity index is 758. The van der Waals surface area contributed by atoms with E-state index in [-0.39, 0.29) is 17.3 Å². The van der Waals surface area contributed by atoms with E-state index in [1.54, 1.807) is 6.08 Å². The average molecular weight is 356 g/mol. The van der Waals surface area contributed by atoms with Crippen LogP contribution in [0.25, 0.3) is 0 Å². The van der Waals surface area contributed by atoms with E-state index in [4.69, 9.17) is 0 Å². The summed E-state index contributed by atoms with van der Waals surface area (Å²) in [6, 6.07) is 0. The van der Waals surface area contributed by atoms with Crippen molar-refractivity contribution >= 4 is 5.97 Å². The first-order valence-corrected chi connectivity index (χ1v) is 9.66. The van der Waals surface area contributed by atoms with Gasteiger partial charge in [0.25, 0.3) is 0 Å². The van der Waals surface area contributed by atoms with Crippen LogP contribution in [0, 0.1) is 28.6 Å². The number of carbonyl (C=O) groups is 1. The number of fused-ring (bicyclic) bond motifs is 5. The molecule has 0 aromatic rings.